The van der Waals surface area contributed by atoms with Crippen LogP contribution in [0.4, 0.5) is 10.6 Å². The molecule has 0 unspecified atom stereocenters. The molecule has 1 fully saturated rings. The molecule has 0 aliphatic carbocycles. The van der Waals surface area contributed by atoms with Crippen molar-refractivity contribution >= 4 is 21.7 Å². The fourth-order valence-electron chi connectivity index (χ4n) is 3.55. The number of nitrogens with one attached hydrogen (secondary N) is 1. The molecule has 1 N–H and O–H groups in total. The second kappa shape index (κ2) is 8.27. The Kier molecular flexibility index (Phi) is 6.63. The van der Waals surface area contributed by atoms with Gasteiger partial charge in [0.25, 0.3) is 0 Å². The second-order valence-electron chi connectivity index (χ2n) is 9.18. The quantitative estimate of drug-likeness (QED) is 0.718. The van der Waals surface area contributed by atoms with Crippen LogP contribution in [0.3, 0.4) is 0 Å². The van der Waals surface area contributed by atoms with Crippen molar-refractivity contribution < 1.29 is 17.9 Å². The Morgan fingerprint density at radius 3 is 2.64 bits per heavy atom. The summed E-state index contributed by atoms with van der Waals surface area (Å²) in [7, 11) is -3.31. The molecule has 0 spiro atoms. The first-order valence-electron chi connectivity index (χ1n) is 9.69. The number of carbonyl (C=O) groups excluding carboxylic acids is 1. The summed E-state index contributed by atoms with van der Waals surface area (Å²) in [5, 5.41) is 3.26. The highest BCUT2D eigenvalue weighted by atomic mass is 32.2. The van der Waals surface area contributed by atoms with Crippen LogP contribution in [0.15, 0.2) is 23.2 Å². The molecule has 7 nitrogen and oxygen atoms in total. The molecule has 1 amide bonds. The van der Waals surface area contributed by atoms with Crippen LogP contribution in [0.2, 0.25) is 0 Å². The molecule has 28 heavy (non-hydrogen) atoms. The van der Waals surface area contributed by atoms with Crippen LogP contribution in [-0.4, -0.2) is 54.9 Å². The highest BCUT2D eigenvalue weighted by molar-refractivity contribution is 7.90. The van der Waals surface area contributed by atoms with Gasteiger partial charge in [-0.15, -0.1) is 0 Å². The Morgan fingerprint density at radius 1 is 1.36 bits per heavy atom. The van der Waals surface area contributed by atoms with Gasteiger partial charge in [-0.3, -0.25) is 0 Å². The van der Waals surface area contributed by atoms with Gasteiger partial charge in [-0.05, 0) is 71.9 Å². The lowest BCUT2D eigenvalue weighted by molar-refractivity contribution is 0.0131. The number of likely N-dealkylation sites (tertiary alicyclic amines) is 1. The van der Waals surface area contributed by atoms with Crippen molar-refractivity contribution in [2.45, 2.75) is 70.0 Å². The van der Waals surface area contributed by atoms with Crippen molar-refractivity contribution in [1.29, 1.82) is 0 Å². The molecule has 1 aliphatic rings. The number of rotatable bonds is 6. The minimum absolute atomic E-state index is 0.0723. The van der Waals surface area contributed by atoms with Gasteiger partial charge in [-0.2, -0.15) is 0 Å². The molecule has 1 aromatic rings. The first-order chi connectivity index (χ1) is 12.8. The minimum atomic E-state index is -3.31. The third-order valence-electron chi connectivity index (χ3n) is 4.77. The Morgan fingerprint density at radius 2 is 2.04 bits per heavy atom. The first kappa shape index (κ1) is 22.5. The Balaban J connectivity index is 1.83. The largest absolute Gasteiger partial charge is 0.444 e. The van der Waals surface area contributed by atoms with E-state index in [0.29, 0.717) is 24.8 Å². The van der Waals surface area contributed by atoms with E-state index in [4.69, 9.17) is 4.74 Å². The van der Waals surface area contributed by atoms with Crippen molar-refractivity contribution in [3.05, 3.63) is 18.2 Å². The summed E-state index contributed by atoms with van der Waals surface area (Å²) < 4.78 is 28.7. The van der Waals surface area contributed by atoms with Crippen LogP contribution in [-0.2, 0) is 14.6 Å². The maximum absolute atomic E-state index is 12.5. The van der Waals surface area contributed by atoms with Crippen LogP contribution in [0.1, 0.15) is 53.9 Å². The zero-order chi connectivity index (χ0) is 21.2. The number of ether oxygens (including phenoxy) is 1. The minimum Gasteiger partial charge on any atom is -0.444 e. The van der Waals surface area contributed by atoms with Gasteiger partial charge in [0, 0.05) is 24.9 Å². The maximum Gasteiger partial charge on any atom is 0.410 e. The van der Waals surface area contributed by atoms with E-state index in [1.54, 1.807) is 12.1 Å². The summed E-state index contributed by atoms with van der Waals surface area (Å²) in [6.07, 6.45) is 3.72. The molecule has 8 heteroatoms. The zero-order valence-electron chi connectivity index (χ0n) is 17.8. The number of aromatic nitrogens is 1. The highest BCUT2D eigenvalue weighted by Crippen LogP contribution is 2.36. The first-order valence-corrected chi connectivity index (χ1v) is 11.6. The topological polar surface area (TPSA) is 88.6 Å². The predicted molar refractivity (Wildman–Crippen MR) is 110 cm³/mol. The standard InChI is InChI=1S/C20H33N3O4S/c1-19(2,3)27-18(24)23-14-15(13-20(23,4)5)9-8-12-21-16-10-7-11-17(22-16)28(6,25)26/h7,10-11,15H,8-9,12-14H2,1-6H3,(H,21,22)/t15-/m0/s1. The van der Waals surface area contributed by atoms with Crippen LogP contribution in [0.25, 0.3) is 0 Å². The fourth-order valence-corrected chi connectivity index (χ4v) is 4.14. The van der Waals surface area contributed by atoms with Crippen molar-refractivity contribution in [2.24, 2.45) is 5.92 Å². The summed E-state index contributed by atoms with van der Waals surface area (Å²) in [4.78, 5) is 18.5. The van der Waals surface area contributed by atoms with Crippen molar-refractivity contribution in [2.75, 3.05) is 24.7 Å². The van der Waals surface area contributed by atoms with Gasteiger partial charge in [0.1, 0.15) is 11.4 Å². The second-order valence-corrected chi connectivity index (χ2v) is 11.1. The van der Waals surface area contributed by atoms with E-state index < -0.39 is 15.4 Å². The van der Waals surface area contributed by atoms with Crippen molar-refractivity contribution in [3.8, 4) is 0 Å². The number of carbonyl (C=O) groups is 1. The molecule has 158 valence electrons. The van der Waals surface area contributed by atoms with Crippen molar-refractivity contribution in [3.63, 3.8) is 0 Å². The Hall–Kier alpha value is -1.83. The lowest BCUT2D eigenvalue weighted by atomic mass is 9.93. The highest BCUT2D eigenvalue weighted by Gasteiger charge is 2.42. The SMILES string of the molecule is CC(C)(C)OC(=O)N1C[C@@H](CCCNc2cccc(S(C)(=O)=O)n2)CC1(C)C. The maximum atomic E-state index is 12.5. The van der Waals surface area contributed by atoms with E-state index >= 15 is 0 Å². The number of anilines is 1. The number of amides is 1. The number of hydrogen-bond acceptors (Lipinski definition) is 6. The molecule has 1 aliphatic heterocycles. The lowest BCUT2D eigenvalue weighted by Crippen LogP contribution is -2.45. The van der Waals surface area contributed by atoms with E-state index in [-0.39, 0.29) is 16.7 Å². The molecule has 0 radical (unpaired) electrons. The van der Waals surface area contributed by atoms with Gasteiger partial charge < -0.3 is 15.0 Å². The third kappa shape index (κ3) is 6.36. The van der Waals surface area contributed by atoms with E-state index in [0.717, 1.165) is 25.5 Å². The molecule has 0 saturated carbocycles. The van der Waals surface area contributed by atoms with E-state index in [1.165, 1.54) is 6.07 Å². The number of pyridine rings is 1. The molecular weight excluding hydrogens is 378 g/mol. The fraction of sp³-hybridized carbons (Fsp3) is 0.700. The molecule has 1 saturated heterocycles. The lowest BCUT2D eigenvalue weighted by Gasteiger charge is -2.33. The monoisotopic (exact) mass is 411 g/mol. The van der Waals surface area contributed by atoms with Crippen LogP contribution >= 0.6 is 0 Å². The van der Waals surface area contributed by atoms with Gasteiger partial charge in [0.15, 0.2) is 14.9 Å². The molecular formula is C20H33N3O4S. The Bertz CT molecular complexity index is 800. The summed E-state index contributed by atoms with van der Waals surface area (Å²) >= 11 is 0. The molecule has 2 rings (SSSR count). The summed E-state index contributed by atoms with van der Waals surface area (Å²) in [6.45, 7) is 11.2. The smallest absolute Gasteiger partial charge is 0.410 e. The van der Waals surface area contributed by atoms with Crippen molar-refractivity contribution in [1.82, 2.24) is 9.88 Å². The molecule has 0 bridgehead atoms. The number of sulfone groups is 1. The molecule has 2 heterocycles. The van der Waals surface area contributed by atoms with Crippen LogP contribution in [0, 0.1) is 5.92 Å². The molecule has 0 aromatic carbocycles. The average Bonchev–Trinajstić information content (AvgIpc) is 2.84. The van der Waals surface area contributed by atoms with Gasteiger partial charge in [0.2, 0.25) is 0 Å². The van der Waals surface area contributed by atoms with Crippen LogP contribution in [0.5, 0.6) is 0 Å². The number of nitrogens with zero attached hydrogens (tertiary/aromatic N) is 2. The van der Waals surface area contributed by atoms with Gasteiger partial charge in [-0.25, -0.2) is 18.2 Å². The summed E-state index contributed by atoms with van der Waals surface area (Å²) in [5.74, 6) is 0.977. The number of hydrogen-bond donors (Lipinski definition) is 1. The van der Waals surface area contributed by atoms with E-state index in [1.807, 2.05) is 25.7 Å². The average molecular weight is 412 g/mol. The predicted octanol–water partition coefficient (Wildman–Crippen LogP) is 3.71. The normalized spacial score (nSPS) is 19.5. The van der Waals surface area contributed by atoms with Gasteiger partial charge in [-0.1, -0.05) is 6.07 Å². The van der Waals surface area contributed by atoms with Gasteiger partial charge in [0.05, 0.1) is 0 Å². The van der Waals surface area contributed by atoms with Gasteiger partial charge >= 0.3 is 6.09 Å². The molecule has 1 atom stereocenters. The van der Waals surface area contributed by atoms with Crippen LogP contribution < -0.4 is 5.32 Å². The Labute approximate surface area is 168 Å². The van der Waals surface area contributed by atoms with E-state index in [2.05, 4.69) is 24.1 Å². The third-order valence-corrected chi connectivity index (χ3v) is 5.76. The molecule has 1 aromatic heterocycles. The summed E-state index contributed by atoms with van der Waals surface area (Å²) in [5.41, 5.74) is -0.714. The van der Waals surface area contributed by atoms with E-state index in [9.17, 15) is 13.2 Å². The zero-order valence-corrected chi connectivity index (χ0v) is 18.6. The summed E-state index contributed by atoms with van der Waals surface area (Å²) in [6, 6.07) is 4.94.